The second-order valence-corrected chi connectivity index (χ2v) is 9.67. The molecule has 0 aliphatic carbocycles. The van der Waals surface area contributed by atoms with Crippen molar-refractivity contribution in [2.75, 3.05) is 39.5 Å². The number of amidine groups is 1. The molecule has 0 spiro atoms. The molecule has 0 saturated carbocycles. The van der Waals surface area contributed by atoms with Gasteiger partial charge in [0.05, 0.1) is 12.3 Å². The molecule has 3 rings (SSSR count). The molecule has 1 saturated heterocycles. The van der Waals surface area contributed by atoms with Gasteiger partial charge in [0.25, 0.3) is 0 Å². The number of carboxylic acids is 2. The topological polar surface area (TPSA) is 103 Å². The second-order valence-electron chi connectivity index (χ2n) is 8.90. The zero-order valence-electron chi connectivity index (χ0n) is 22.4. The van der Waals surface area contributed by atoms with Crippen molar-refractivity contribution in [3.05, 3.63) is 72.1 Å². The molecule has 1 aliphatic heterocycles. The molecule has 40 heavy (non-hydrogen) atoms. The van der Waals surface area contributed by atoms with Crippen LogP contribution in [0.5, 0.6) is 5.75 Å². The minimum atomic E-state index is -1.26. The van der Waals surface area contributed by atoms with Crippen molar-refractivity contribution in [3.63, 3.8) is 0 Å². The summed E-state index contributed by atoms with van der Waals surface area (Å²) in [5, 5.41) is 16.6. The number of carbonyl (C=O) groups is 2. The van der Waals surface area contributed by atoms with E-state index in [0.717, 1.165) is 68.3 Å². The van der Waals surface area contributed by atoms with Crippen molar-refractivity contribution >= 4 is 34.6 Å². The number of unbranched alkanes of at least 4 members (excludes halogenated alkanes) is 1. The molecule has 0 radical (unpaired) electrons. The van der Waals surface area contributed by atoms with Crippen LogP contribution < -0.4 is 4.74 Å². The molecular weight excluding hydrogens is 547 g/mol. The lowest BCUT2D eigenvalue weighted by Gasteiger charge is -2.37. The third-order valence-corrected chi connectivity index (χ3v) is 6.78. The van der Waals surface area contributed by atoms with Crippen LogP contribution in [0, 0.1) is 17.5 Å². The van der Waals surface area contributed by atoms with Gasteiger partial charge in [-0.3, -0.25) is 0 Å². The Kier molecular flexibility index (Phi) is 14.1. The lowest BCUT2D eigenvalue weighted by molar-refractivity contribution is -0.134. The Morgan fingerprint density at radius 2 is 1.65 bits per heavy atom. The maximum Gasteiger partial charge on any atom is 0.328 e. The first-order chi connectivity index (χ1) is 19.1. The largest absolute Gasteiger partial charge is 0.493 e. The van der Waals surface area contributed by atoms with Gasteiger partial charge in [-0.1, -0.05) is 11.8 Å². The van der Waals surface area contributed by atoms with E-state index in [1.165, 1.54) is 18.2 Å². The van der Waals surface area contributed by atoms with Gasteiger partial charge in [0.15, 0.2) is 16.8 Å². The number of piperidine rings is 1. The Morgan fingerprint density at radius 1 is 1.02 bits per heavy atom. The van der Waals surface area contributed by atoms with Crippen molar-refractivity contribution in [1.29, 1.82) is 0 Å². The maximum atomic E-state index is 13.2. The third-order valence-electron chi connectivity index (χ3n) is 6.04. The average Bonchev–Trinajstić information content (AvgIpc) is 2.93. The summed E-state index contributed by atoms with van der Waals surface area (Å²) in [7, 11) is 2.08. The number of rotatable bonds is 10. The molecule has 1 heterocycles. The fourth-order valence-corrected chi connectivity index (χ4v) is 4.55. The number of nitrogens with zero attached hydrogens (tertiary/aromatic N) is 3. The van der Waals surface area contributed by atoms with Crippen molar-refractivity contribution in [2.24, 2.45) is 4.99 Å². The van der Waals surface area contributed by atoms with Crippen LogP contribution in [-0.4, -0.2) is 82.7 Å². The average molecular weight is 582 g/mol. The van der Waals surface area contributed by atoms with E-state index >= 15 is 0 Å². The van der Waals surface area contributed by atoms with E-state index in [0.29, 0.717) is 30.6 Å². The summed E-state index contributed by atoms with van der Waals surface area (Å²) >= 11 is 1.60. The van der Waals surface area contributed by atoms with Gasteiger partial charge in [-0.25, -0.2) is 27.8 Å². The Morgan fingerprint density at radius 3 is 2.20 bits per heavy atom. The number of benzene rings is 2. The highest BCUT2D eigenvalue weighted by atomic mass is 32.2. The smallest absolute Gasteiger partial charge is 0.328 e. The monoisotopic (exact) mass is 581 g/mol. The van der Waals surface area contributed by atoms with Crippen LogP contribution in [0.2, 0.25) is 0 Å². The maximum absolute atomic E-state index is 13.2. The van der Waals surface area contributed by atoms with Gasteiger partial charge in [0.1, 0.15) is 11.6 Å². The summed E-state index contributed by atoms with van der Waals surface area (Å²) < 4.78 is 44.8. The first-order valence-electron chi connectivity index (χ1n) is 12.6. The van der Waals surface area contributed by atoms with Gasteiger partial charge in [-0.15, -0.1) is 0 Å². The highest BCUT2D eigenvalue weighted by Gasteiger charge is 2.24. The number of ether oxygens (including phenoxy) is 1. The second kappa shape index (κ2) is 17.2. The summed E-state index contributed by atoms with van der Waals surface area (Å²) in [5.41, 5.74) is 0.755. The van der Waals surface area contributed by atoms with Gasteiger partial charge >= 0.3 is 11.9 Å². The van der Waals surface area contributed by atoms with Crippen molar-refractivity contribution in [1.82, 2.24) is 9.80 Å². The molecule has 12 heteroatoms. The Labute approximate surface area is 236 Å². The number of likely N-dealkylation sites (tertiary alicyclic amines) is 1. The molecule has 0 aromatic heterocycles. The quantitative estimate of drug-likeness (QED) is 0.166. The highest BCUT2D eigenvalue weighted by Crippen LogP contribution is 2.22. The molecule has 2 aromatic rings. The first kappa shape index (κ1) is 32.7. The minimum Gasteiger partial charge on any atom is -0.493 e. The van der Waals surface area contributed by atoms with Gasteiger partial charge in [-0.2, -0.15) is 0 Å². The summed E-state index contributed by atoms with van der Waals surface area (Å²) in [4.78, 5) is 28.5. The van der Waals surface area contributed by atoms with Crippen LogP contribution in [0.4, 0.5) is 18.9 Å². The van der Waals surface area contributed by atoms with E-state index in [4.69, 9.17) is 14.9 Å². The zero-order chi connectivity index (χ0) is 29.5. The van der Waals surface area contributed by atoms with Crippen LogP contribution in [0.25, 0.3) is 0 Å². The molecule has 218 valence electrons. The van der Waals surface area contributed by atoms with E-state index in [1.807, 2.05) is 6.26 Å². The molecule has 2 aromatic carbocycles. The van der Waals surface area contributed by atoms with Crippen molar-refractivity contribution in [3.8, 4) is 5.75 Å². The van der Waals surface area contributed by atoms with E-state index in [1.54, 1.807) is 23.9 Å². The molecule has 0 unspecified atom stereocenters. The van der Waals surface area contributed by atoms with Gasteiger partial charge in [-0.05, 0) is 74.9 Å². The molecule has 0 bridgehead atoms. The number of hydrogen-bond donors (Lipinski definition) is 2. The Balaban J connectivity index is 0.000000611. The Bertz CT molecular complexity index is 1140. The number of carboxylic acid groups (broad SMARTS) is 2. The predicted octanol–water partition coefficient (Wildman–Crippen LogP) is 5.42. The lowest BCUT2D eigenvalue weighted by Crippen LogP contribution is -2.45. The molecule has 8 nitrogen and oxygen atoms in total. The zero-order valence-corrected chi connectivity index (χ0v) is 23.2. The normalized spacial score (nSPS) is 14.5. The van der Waals surface area contributed by atoms with Gasteiger partial charge < -0.3 is 24.7 Å². The first-order valence-corrected chi connectivity index (χ1v) is 13.9. The SMILES string of the molecule is CSC(=Nc1ccc(F)cc1)N(C)C1CCN(CCCCOc2ccc(F)c(F)c2)CC1.O=C(O)C=CC(=O)O. The molecule has 1 fully saturated rings. The fraction of sp³-hybridized carbons (Fsp3) is 0.393. The van der Waals surface area contributed by atoms with E-state index in [2.05, 4.69) is 21.8 Å². The predicted molar refractivity (Wildman–Crippen MR) is 150 cm³/mol. The molecule has 2 N–H and O–H groups in total. The fourth-order valence-electron chi connectivity index (χ4n) is 3.92. The minimum absolute atomic E-state index is 0.258. The van der Waals surface area contributed by atoms with E-state index in [-0.39, 0.29) is 5.82 Å². The molecule has 0 amide bonds. The van der Waals surface area contributed by atoms with Crippen LogP contribution in [0.1, 0.15) is 25.7 Å². The van der Waals surface area contributed by atoms with Crippen molar-refractivity contribution in [2.45, 2.75) is 31.7 Å². The lowest BCUT2D eigenvalue weighted by atomic mass is 10.0. The molecule has 0 atom stereocenters. The number of thioether (sulfide) groups is 1. The summed E-state index contributed by atoms with van der Waals surface area (Å²) in [5.74, 6) is -4.16. The summed E-state index contributed by atoms with van der Waals surface area (Å²) in [6.45, 7) is 3.53. The third kappa shape index (κ3) is 12.1. The number of aliphatic imine (C=N–C) groups is 1. The number of halogens is 3. The Hall–Kier alpha value is -3.51. The number of aliphatic carboxylic acids is 2. The van der Waals surface area contributed by atoms with E-state index < -0.39 is 23.6 Å². The van der Waals surface area contributed by atoms with Crippen LogP contribution in [-0.2, 0) is 9.59 Å². The molecular formula is C28H34F3N3O5S. The van der Waals surface area contributed by atoms with Gasteiger partial charge in [0, 0.05) is 44.4 Å². The van der Waals surface area contributed by atoms with Crippen LogP contribution in [0.15, 0.2) is 59.6 Å². The summed E-state index contributed by atoms with van der Waals surface area (Å²) in [6, 6.07) is 10.3. The van der Waals surface area contributed by atoms with Crippen molar-refractivity contribution < 1.29 is 37.7 Å². The number of hydrogen-bond acceptors (Lipinski definition) is 6. The molecule has 1 aliphatic rings. The van der Waals surface area contributed by atoms with E-state index in [9.17, 15) is 22.8 Å². The van der Waals surface area contributed by atoms with Gasteiger partial charge in [0.2, 0.25) is 0 Å². The summed E-state index contributed by atoms with van der Waals surface area (Å²) in [6.07, 6.45) is 7.10. The van der Waals surface area contributed by atoms with Crippen LogP contribution >= 0.6 is 11.8 Å². The standard InChI is InChI=1S/C24H30F3N3OS.C4H4O4/c1-29(24(32-2)28-19-7-5-18(25)6-8-19)20-11-14-30(15-12-20)13-3-4-16-31-21-9-10-22(26)23(27)17-21;5-3(6)1-2-4(7)8/h5-10,17,20H,3-4,11-16H2,1-2H3;1-2H,(H,5,6)(H,7,8). The van der Waals surface area contributed by atoms with Crippen LogP contribution in [0.3, 0.4) is 0 Å². The highest BCUT2D eigenvalue weighted by molar-refractivity contribution is 8.13.